The van der Waals surface area contributed by atoms with Gasteiger partial charge in [0.05, 0.1) is 5.69 Å². The van der Waals surface area contributed by atoms with Crippen LogP contribution in [0.1, 0.15) is 26.0 Å². The Labute approximate surface area is 121 Å². The van der Waals surface area contributed by atoms with Crippen molar-refractivity contribution in [1.82, 2.24) is 14.9 Å². The summed E-state index contributed by atoms with van der Waals surface area (Å²) in [5.74, 6) is 1.64. The summed E-state index contributed by atoms with van der Waals surface area (Å²) in [5.41, 5.74) is 0.979. The molecule has 1 fully saturated rings. The van der Waals surface area contributed by atoms with Crippen molar-refractivity contribution in [3.8, 4) is 0 Å². The number of rotatable bonds is 5. The molecule has 1 aliphatic heterocycles. The van der Waals surface area contributed by atoms with Gasteiger partial charge in [-0.15, -0.1) is 0 Å². The second-order valence-corrected chi connectivity index (χ2v) is 5.97. The topological polar surface area (TPSA) is 52.5 Å². The Morgan fingerprint density at radius 2 is 2.05 bits per heavy atom. The predicted octanol–water partition coefficient (Wildman–Crippen LogP) is 1.31. The van der Waals surface area contributed by atoms with Crippen LogP contribution in [0, 0.1) is 12.8 Å². The van der Waals surface area contributed by atoms with E-state index in [2.05, 4.69) is 33.6 Å². The summed E-state index contributed by atoms with van der Waals surface area (Å²) in [7, 11) is 0. The van der Waals surface area contributed by atoms with Gasteiger partial charge in [-0.1, -0.05) is 13.8 Å². The van der Waals surface area contributed by atoms with Gasteiger partial charge in [-0.3, -0.25) is 9.88 Å². The van der Waals surface area contributed by atoms with E-state index in [1.54, 1.807) is 12.4 Å². The largest absolute Gasteiger partial charge is 0.396 e. The van der Waals surface area contributed by atoms with E-state index in [-0.39, 0.29) is 6.61 Å². The van der Waals surface area contributed by atoms with Crippen molar-refractivity contribution in [2.24, 2.45) is 5.92 Å². The molecule has 112 valence electrons. The number of aliphatic hydroxyl groups excluding tert-OH is 1. The van der Waals surface area contributed by atoms with E-state index in [9.17, 15) is 5.11 Å². The third kappa shape index (κ3) is 3.67. The van der Waals surface area contributed by atoms with Crippen molar-refractivity contribution in [2.45, 2.75) is 33.2 Å². The molecule has 0 saturated carbocycles. The fraction of sp³-hybridized carbons (Fsp3) is 0.733. The molecule has 1 aromatic heterocycles. The molecule has 0 aromatic carbocycles. The Hall–Kier alpha value is -1.20. The van der Waals surface area contributed by atoms with Crippen LogP contribution in [0.2, 0.25) is 0 Å². The van der Waals surface area contributed by atoms with Gasteiger partial charge >= 0.3 is 0 Å². The monoisotopic (exact) mass is 278 g/mol. The summed E-state index contributed by atoms with van der Waals surface area (Å²) in [6.07, 6.45) is 4.31. The summed E-state index contributed by atoms with van der Waals surface area (Å²) >= 11 is 0. The van der Waals surface area contributed by atoms with E-state index in [1.165, 1.54) is 0 Å². The van der Waals surface area contributed by atoms with E-state index in [1.807, 2.05) is 6.92 Å². The van der Waals surface area contributed by atoms with Crippen molar-refractivity contribution in [3.63, 3.8) is 0 Å². The lowest BCUT2D eigenvalue weighted by Crippen LogP contribution is -2.54. The van der Waals surface area contributed by atoms with E-state index < -0.39 is 0 Å². The number of hydrogen-bond donors (Lipinski definition) is 1. The van der Waals surface area contributed by atoms with Gasteiger partial charge < -0.3 is 10.0 Å². The van der Waals surface area contributed by atoms with Crippen LogP contribution >= 0.6 is 0 Å². The molecule has 5 nitrogen and oxygen atoms in total. The SMILES string of the molecule is Cc1nccnc1N1CCN(CC(C)C)C(CCO)C1. The molecule has 1 aromatic rings. The molecule has 20 heavy (non-hydrogen) atoms. The van der Waals surface area contributed by atoms with Crippen LogP contribution < -0.4 is 4.90 Å². The fourth-order valence-electron chi connectivity index (χ4n) is 2.93. The van der Waals surface area contributed by atoms with Crippen molar-refractivity contribution >= 4 is 5.82 Å². The molecule has 0 radical (unpaired) electrons. The maximum absolute atomic E-state index is 9.31. The highest BCUT2D eigenvalue weighted by molar-refractivity contribution is 5.43. The highest BCUT2D eigenvalue weighted by atomic mass is 16.3. The van der Waals surface area contributed by atoms with Gasteiger partial charge in [0.15, 0.2) is 0 Å². The van der Waals surface area contributed by atoms with Gasteiger partial charge in [0.2, 0.25) is 0 Å². The molecule has 2 heterocycles. The molecule has 1 atom stereocenters. The van der Waals surface area contributed by atoms with Gasteiger partial charge in [0.25, 0.3) is 0 Å². The Balaban J connectivity index is 2.08. The zero-order valence-corrected chi connectivity index (χ0v) is 12.8. The standard InChI is InChI=1S/C15H26N4O/c1-12(2)10-18-7-8-19(11-14(18)4-9-20)15-13(3)16-5-6-17-15/h5-6,12,14,20H,4,7-11H2,1-3H3. The highest BCUT2D eigenvalue weighted by Crippen LogP contribution is 2.21. The molecule has 0 bridgehead atoms. The zero-order chi connectivity index (χ0) is 14.5. The van der Waals surface area contributed by atoms with Crippen molar-refractivity contribution in [2.75, 3.05) is 37.7 Å². The van der Waals surface area contributed by atoms with Crippen LogP contribution in [0.3, 0.4) is 0 Å². The average molecular weight is 278 g/mol. The van der Waals surface area contributed by atoms with Gasteiger partial charge in [0, 0.05) is 51.2 Å². The Morgan fingerprint density at radius 3 is 2.70 bits per heavy atom. The summed E-state index contributed by atoms with van der Waals surface area (Å²) in [6, 6.07) is 0.401. The normalized spacial score (nSPS) is 20.6. The van der Waals surface area contributed by atoms with Crippen molar-refractivity contribution in [3.05, 3.63) is 18.1 Å². The molecule has 1 aliphatic rings. The molecule has 1 N–H and O–H groups in total. The average Bonchev–Trinajstić information content (AvgIpc) is 2.41. The fourth-order valence-corrected chi connectivity index (χ4v) is 2.93. The number of hydrogen-bond acceptors (Lipinski definition) is 5. The van der Waals surface area contributed by atoms with Crippen LogP contribution in [0.5, 0.6) is 0 Å². The maximum Gasteiger partial charge on any atom is 0.150 e. The second-order valence-electron chi connectivity index (χ2n) is 5.97. The van der Waals surface area contributed by atoms with Gasteiger partial charge in [-0.25, -0.2) is 4.98 Å². The number of anilines is 1. The van der Waals surface area contributed by atoms with Gasteiger partial charge in [-0.2, -0.15) is 0 Å². The van der Waals surface area contributed by atoms with Crippen LogP contribution in [-0.2, 0) is 0 Å². The first-order valence-electron chi connectivity index (χ1n) is 7.49. The molecule has 0 amide bonds. The zero-order valence-electron chi connectivity index (χ0n) is 12.8. The highest BCUT2D eigenvalue weighted by Gasteiger charge is 2.28. The van der Waals surface area contributed by atoms with Crippen molar-refractivity contribution < 1.29 is 5.11 Å². The van der Waals surface area contributed by atoms with Gasteiger partial charge in [-0.05, 0) is 19.3 Å². The van der Waals surface area contributed by atoms with Gasteiger partial charge in [0.1, 0.15) is 5.82 Å². The van der Waals surface area contributed by atoms with E-state index in [0.29, 0.717) is 12.0 Å². The number of piperazine rings is 1. The molecule has 2 rings (SSSR count). The lowest BCUT2D eigenvalue weighted by molar-refractivity contribution is 0.128. The second kappa shape index (κ2) is 6.99. The van der Waals surface area contributed by atoms with Crippen LogP contribution in [0.4, 0.5) is 5.82 Å². The molecule has 0 spiro atoms. The molecule has 1 unspecified atom stereocenters. The number of nitrogens with zero attached hydrogens (tertiary/aromatic N) is 4. The van der Waals surface area contributed by atoms with Crippen LogP contribution in [-0.4, -0.2) is 58.8 Å². The quantitative estimate of drug-likeness (QED) is 0.880. The molecular weight excluding hydrogens is 252 g/mol. The molecule has 0 aliphatic carbocycles. The summed E-state index contributed by atoms with van der Waals surface area (Å²) in [4.78, 5) is 13.6. The van der Waals surface area contributed by atoms with E-state index >= 15 is 0 Å². The third-order valence-electron chi connectivity index (χ3n) is 3.82. The lowest BCUT2D eigenvalue weighted by Gasteiger charge is -2.42. The summed E-state index contributed by atoms with van der Waals surface area (Å²) < 4.78 is 0. The minimum Gasteiger partial charge on any atom is -0.396 e. The Morgan fingerprint density at radius 1 is 1.30 bits per heavy atom. The first kappa shape index (κ1) is 15.2. The third-order valence-corrected chi connectivity index (χ3v) is 3.82. The Bertz CT molecular complexity index is 424. The number of aryl methyl sites for hydroxylation is 1. The Kier molecular flexibility index (Phi) is 5.31. The number of aliphatic hydroxyl groups is 1. The van der Waals surface area contributed by atoms with Crippen molar-refractivity contribution in [1.29, 1.82) is 0 Å². The smallest absolute Gasteiger partial charge is 0.150 e. The molecule has 1 saturated heterocycles. The maximum atomic E-state index is 9.31. The number of aromatic nitrogens is 2. The first-order valence-corrected chi connectivity index (χ1v) is 7.49. The minimum absolute atomic E-state index is 0.243. The summed E-state index contributed by atoms with van der Waals surface area (Å²) in [5, 5.41) is 9.31. The predicted molar refractivity (Wildman–Crippen MR) is 80.9 cm³/mol. The van der Waals surface area contributed by atoms with Crippen LogP contribution in [0.15, 0.2) is 12.4 Å². The lowest BCUT2D eigenvalue weighted by atomic mass is 10.1. The minimum atomic E-state index is 0.243. The van der Waals surface area contributed by atoms with Crippen LogP contribution in [0.25, 0.3) is 0 Å². The summed E-state index contributed by atoms with van der Waals surface area (Å²) in [6.45, 7) is 10.8. The van der Waals surface area contributed by atoms with E-state index in [0.717, 1.165) is 44.1 Å². The first-order chi connectivity index (χ1) is 9.61. The molecule has 5 heteroatoms. The van der Waals surface area contributed by atoms with E-state index in [4.69, 9.17) is 0 Å². The molecular formula is C15H26N4O.